The minimum atomic E-state index is -0.917. The van der Waals surface area contributed by atoms with E-state index in [1.807, 2.05) is 0 Å². The van der Waals surface area contributed by atoms with Crippen LogP contribution in [-0.4, -0.2) is 30.1 Å². The molecule has 6 nitrogen and oxygen atoms in total. The highest BCUT2D eigenvalue weighted by molar-refractivity contribution is 7.17. The number of aliphatic carboxylic acids is 1. The molecule has 0 aliphatic heterocycles. The molecule has 27 heavy (non-hydrogen) atoms. The quantitative estimate of drug-likeness (QED) is 0.741. The number of ether oxygens (including phenoxy) is 1. The highest BCUT2D eigenvalue weighted by Crippen LogP contribution is 2.41. The molecular formula is C20H27NO5S. The highest BCUT2D eigenvalue weighted by atomic mass is 32.1. The Balaban J connectivity index is 1.87. The molecule has 148 valence electrons. The minimum absolute atomic E-state index is 0.294. The van der Waals surface area contributed by atoms with Crippen molar-refractivity contribution in [3.8, 4) is 0 Å². The lowest BCUT2D eigenvalue weighted by Crippen LogP contribution is -2.36. The molecule has 3 rings (SSSR count). The largest absolute Gasteiger partial charge is 0.481 e. The van der Waals surface area contributed by atoms with Crippen LogP contribution in [-0.2, 0) is 27.2 Å². The summed E-state index contributed by atoms with van der Waals surface area (Å²) in [6.07, 6.45) is 6.63. The van der Waals surface area contributed by atoms with Crippen LogP contribution in [0.5, 0.6) is 0 Å². The van der Waals surface area contributed by atoms with E-state index < -0.39 is 23.8 Å². The Labute approximate surface area is 163 Å². The molecule has 1 amide bonds. The zero-order valence-corrected chi connectivity index (χ0v) is 16.7. The Hall–Kier alpha value is -1.89. The number of carbonyl (C=O) groups excluding carboxylic acids is 2. The Kier molecular flexibility index (Phi) is 6.19. The summed E-state index contributed by atoms with van der Waals surface area (Å²) in [5, 5.41) is 12.8. The summed E-state index contributed by atoms with van der Waals surface area (Å²) in [6, 6.07) is 0. The number of hydrogen-bond acceptors (Lipinski definition) is 5. The molecule has 3 unspecified atom stereocenters. The molecule has 7 heteroatoms. The smallest absolute Gasteiger partial charge is 0.341 e. The molecule has 0 spiro atoms. The molecule has 1 heterocycles. The van der Waals surface area contributed by atoms with Gasteiger partial charge >= 0.3 is 11.9 Å². The Morgan fingerprint density at radius 3 is 2.52 bits per heavy atom. The fraction of sp³-hybridized carbons (Fsp3) is 0.650. The van der Waals surface area contributed by atoms with Crippen LogP contribution in [0.15, 0.2) is 0 Å². The standard InChI is InChI=1S/C20H27NO5S/c1-3-11-8-9-14-15(10-11)27-18(16(14)20(25)26-2)21-17(22)12-6-4-5-7-13(12)19(23)24/h11-13H,3-10H2,1-2H3,(H,21,22)(H,23,24). The number of esters is 1. The Bertz CT molecular complexity index is 741. The first-order valence-corrected chi connectivity index (χ1v) is 10.5. The first-order chi connectivity index (χ1) is 13.0. The van der Waals surface area contributed by atoms with Crippen LogP contribution in [0.25, 0.3) is 0 Å². The fourth-order valence-corrected chi connectivity index (χ4v) is 5.71. The van der Waals surface area contributed by atoms with Crippen molar-refractivity contribution in [1.29, 1.82) is 0 Å². The van der Waals surface area contributed by atoms with Gasteiger partial charge in [0.15, 0.2) is 0 Å². The molecule has 1 aromatic rings. The van der Waals surface area contributed by atoms with Gasteiger partial charge in [0.25, 0.3) is 0 Å². The lowest BCUT2D eigenvalue weighted by atomic mass is 9.78. The van der Waals surface area contributed by atoms with Crippen molar-refractivity contribution < 1.29 is 24.2 Å². The van der Waals surface area contributed by atoms with Gasteiger partial charge in [-0.15, -0.1) is 11.3 Å². The van der Waals surface area contributed by atoms with Gasteiger partial charge in [-0.2, -0.15) is 0 Å². The third-order valence-corrected chi connectivity index (χ3v) is 7.16. The molecule has 3 atom stereocenters. The van der Waals surface area contributed by atoms with Crippen LogP contribution in [0.3, 0.4) is 0 Å². The van der Waals surface area contributed by atoms with Gasteiger partial charge in [0.1, 0.15) is 5.00 Å². The first kappa shape index (κ1) is 19.9. The van der Waals surface area contributed by atoms with Crippen LogP contribution in [0.4, 0.5) is 5.00 Å². The Morgan fingerprint density at radius 2 is 1.89 bits per heavy atom. The molecule has 2 aliphatic rings. The van der Waals surface area contributed by atoms with Crippen LogP contribution >= 0.6 is 11.3 Å². The van der Waals surface area contributed by atoms with Crippen molar-refractivity contribution in [2.24, 2.45) is 17.8 Å². The number of anilines is 1. The van der Waals surface area contributed by atoms with E-state index in [4.69, 9.17) is 4.74 Å². The van der Waals surface area contributed by atoms with Crippen molar-refractivity contribution >= 4 is 34.2 Å². The number of fused-ring (bicyclic) bond motifs is 1. The lowest BCUT2D eigenvalue weighted by molar-refractivity contribution is -0.147. The summed E-state index contributed by atoms with van der Waals surface area (Å²) in [5.41, 5.74) is 1.45. The van der Waals surface area contributed by atoms with Crippen LogP contribution in [0, 0.1) is 17.8 Å². The summed E-state index contributed by atoms with van der Waals surface area (Å²) >= 11 is 1.45. The second kappa shape index (κ2) is 8.42. The molecule has 2 aliphatic carbocycles. The average molecular weight is 394 g/mol. The molecular weight excluding hydrogens is 366 g/mol. The number of hydrogen-bond donors (Lipinski definition) is 2. The second-order valence-electron chi connectivity index (χ2n) is 7.54. The monoisotopic (exact) mass is 393 g/mol. The van der Waals surface area contributed by atoms with E-state index in [1.54, 1.807) is 0 Å². The van der Waals surface area contributed by atoms with E-state index in [-0.39, 0.29) is 5.91 Å². The number of carboxylic acid groups (broad SMARTS) is 1. The van der Waals surface area contributed by atoms with E-state index >= 15 is 0 Å². The number of thiophene rings is 1. The summed E-state index contributed by atoms with van der Waals surface area (Å²) < 4.78 is 4.96. The normalized spacial score (nSPS) is 24.7. The van der Waals surface area contributed by atoms with E-state index in [0.717, 1.165) is 49.0 Å². The van der Waals surface area contributed by atoms with Crippen molar-refractivity contribution in [2.75, 3.05) is 12.4 Å². The summed E-state index contributed by atoms with van der Waals surface area (Å²) in [5.74, 6) is -2.25. The lowest BCUT2D eigenvalue weighted by Gasteiger charge is -2.27. The third kappa shape index (κ3) is 4.03. The van der Waals surface area contributed by atoms with Crippen molar-refractivity contribution in [3.63, 3.8) is 0 Å². The van der Waals surface area contributed by atoms with Crippen LogP contribution in [0.2, 0.25) is 0 Å². The molecule has 0 bridgehead atoms. The minimum Gasteiger partial charge on any atom is -0.481 e. The number of carbonyl (C=O) groups is 3. The highest BCUT2D eigenvalue weighted by Gasteiger charge is 2.37. The van der Waals surface area contributed by atoms with Gasteiger partial charge in [-0.25, -0.2) is 4.79 Å². The topological polar surface area (TPSA) is 92.7 Å². The van der Waals surface area contributed by atoms with Crippen LogP contribution in [0.1, 0.15) is 66.2 Å². The van der Waals surface area contributed by atoms with E-state index in [1.165, 1.54) is 18.4 Å². The summed E-state index contributed by atoms with van der Waals surface area (Å²) in [7, 11) is 1.34. The zero-order valence-electron chi connectivity index (χ0n) is 15.9. The van der Waals surface area contributed by atoms with Gasteiger partial charge in [0.05, 0.1) is 24.5 Å². The van der Waals surface area contributed by atoms with E-state index in [9.17, 15) is 19.5 Å². The molecule has 1 aromatic heterocycles. The number of rotatable bonds is 5. The molecule has 1 saturated carbocycles. The summed E-state index contributed by atoms with van der Waals surface area (Å²) in [4.78, 5) is 37.9. The molecule has 0 aromatic carbocycles. The van der Waals surface area contributed by atoms with E-state index in [0.29, 0.717) is 29.3 Å². The number of amides is 1. The Morgan fingerprint density at radius 1 is 1.19 bits per heavy atom. The molecule has 0 saturated heterocycles. The zero-order chi connectivity index (χ0) is 19.6. The SMILES string of the molecule is CCC1CCc2c(sc(NC(=O)C3CCCCC3C(=O)O)c2C(=O)OC)C1. The molecule has 2 N–H and O–H groups in total. The average Bonchev–Trinajstić information content (AvgIpc) is 3.03. The maximum absolute atomic E-state index is 12.9. The fourth-order valence-electron chi connectivity index (χ4n) is 4.35. The maximum Gasteiger partial charge on any atom is 0.341 e. The van der Waals surface area contributed by atoms with Gasteiger partial charge < -0.3 is 15.2 Å². The van der Waals surface area contributed by atoms with Gasteiger partial charge in [-0.1, -0.05) is 26.2 Å². The number of carboxylic acids is 1. The van der Waals surface area contributed by atoms with Crippen molar-refractivity contribution in [1.82, 2.24) is 0 Å². The second-order valence-corrected chi connectivity index (χ2v) is 8.65. The predicted molar refractivity (Wildman–Crippen MR) is 103 cm³/mol. The predicted octanol–water partition coefficient (Wildman–Crippen LogP) is 3.88. The number of methoxy groups -OCH3 is 1. The van der Waals surface area contributed by atoms with Crippen LogP contribution < -0.4 is 5.32 Å². The number of nitrogens with one attached hydrogen (secondary N) is 1. The van der Waals surface area contributed by atoms with Gasteiger partial charge in [0.2, 0.25) is 5.91 Å². The van der Waals surface area contributed by atoms with Gasteiger partial charge in [0, 0.05) is 4.88 Å². The maximum atomic E-state index is 12.9. The first-order valence-electron chi connectivity index (χ1n) is 9.72. The summed E-state index contributed by atoms with van der Waals surface area (Å²) in [6.45, 7) is 2.17. The third-order valence-electron chi connectivity index (χ3n) is 5.99. The van der Waals surface area contributed by atoms with Gasteiger partial charge in [-0.3, -0.25) is 9.59 Å². The molecule has 1 fully saturated rings. The molecule has 0 radical (unpaired) electrons. The van der Waals surface area contributed by atoms with Crippen molar-refractivity contribution in [2.45, 2.75) is 58.3 Å². The van der Waals surface area contributed by atoms with Crippen molar-refractivity contribution in [3.05, 3.63) is 16.0 Å². The van der Waals surface area contributed by atoms with E-state index in [2.05, 4.69) is 12.2 Å². The van der Waals surface area contributed by atoms with Gasteiger partial charge in [-0.05, 0) is 43.6 Å².